The van der Waals surface area contributed by atoms with E-state index in [1.54, 1.807) is 0 Å². The lowest BCUT2D eigenvalue weighted by Gasteiger charge is -2.29. The largest absolute Gasteiger partial charge is 0.481 e. The Morgan fingerprint density at radius 2 is 2.11 bits per heavy atom. The second-order valence-corrected chi connectivity index (χ2v) is 5.31. The number of hydrogen-bond acceptors (Lipinski definition) is 3. The van der Waals surface area contributed by atoms with Crippen LogP contribution in [0.2, 0.25) is 0 Å². The van der Waals surface area contributed by atoms with E-state index in [0.29, 0.717) is 6.42 Å². The second-order valence-electron chi connectivity index (χ2n) is 5.31. The van der Waals surface area contributed by atoms with Gasteiger partial charge in [-0.15, -0.1) is 0 Å². The summed E-state index contributed by atoms with van der Waals surface area (Å²) in [6.07, 6.45) is 1.55. The number of amides is 2. The van der Waals surface area contributed by atoms with Gasteiger partial charge in [-0.3, -0.25) is 4.79 Å². The molecular formula is C13H25N3O3. The van der Waals surface area contributed by atoms with E-state index in [2.05, 4.69) is 17.3 Å². The van der Waals surface area contributed by atoms with Crippen LogP contribution in [0.4, 0.5) is 4.79 Å². The van der Waals surface area contributed by atoms with Gasteiger partial charge >= 0.3 is 12.0 Å². The molecule has 19 heavy (non-hydrogen) atoms. The van der Waals surface area contributed by atoms with Crippen molar-refractivity contribution in [1.82, 2.24) is 15.1 Å². The minimum atomic E-state index is -0.879. The zero-order valence-corrected chi connectivity index (χ0v) is 12.1. The van der Waals surface area contributed by atoms with E-state index < -0.39 is 5.97 Å². The minimum Gasteiger partial charge on any atom is -0.481 e. The third-order valence-corrected chi connectivity index (χ3v) is 3.55. The second kappa shape index (κ2) is 7.33. The van der Waals surface area contributed by atoms with E-state index >= 15 is 0 Å². The van der Waals surface area contributed by atoms with Crippen molar-refractivity contribution >= 4 is 12.0 Å². The van der Waals surface area contributed by atoms with Crippen LogP contribution in [-0.2, 0) is 4.79 Å². The summed E-state index contributed by atoms with van der Waals surface area (Å²) in [4.78, 5) is 27.0. The molecule has 0 bridgehead atoms. The molecule has 1 fully saturated rings. The van der Waals surface area contributed by atoms with Crippen molar-refractivity contribution in [2.75, 3.05) is 26.7 Å². The average Bonchev–Trinajstić information content (AvgIpc) is 2.48. The van der Waals surface area contributed by atoms with E-state index in [1.165, 1.54) is 0 Å². The number of carboxylic acid groups (broad SMARTS) is 1. The van der Waals surface area contributed by atoms with Crippen LogP contribution >= 0.6 is 0 Å². The summed E-state index contributed by atoms with van der Waals surface area (Å²) >= 11 is 0. The van der Waals surface area contributed by atoms with Gasteiger partial charge < -0.3 is 20.2 Å². The number of rotatable bonds is 4. The molecule has 0 saturated carbocycles. The molecule has 1 saturated heterocycles. The van der Waals surface area contributed by atoms with Crippen molar-refractivity contribution in [1.29, 1.82) is 0 Å². The highest BCUT2D eigenvalue weighted by molar-refractivity contribution is 5.76. The maximum absolute atomic E-state index is 12.2. The van der Waals surface area contributed by atoms with Crippen molar-refractivity contribution in [3.05, 3.63) is 0 Å². The molecule has 2 unspecified atom stereocenters. The van der Waals surface area contributed by atoms with E-state index in [9.17, 15) is 9.59 Å². The molecule has 110 valence electrons. The van der Waals surface area contributed by atoms with Gasteiger partial charge in [0.2, 0.25) is 0 Å². The zero-order chi connectivity index (χ0) is 14.4. The van der Waals surface area contributed by atoms with Crippen LogP contribution in [0.5, 0.6) is 0 Å². The minimum absolute atomic E-state index is 0.0234. The predicted octanol–water partition coefficient (Wildman–Crippen LogP) is 0.975. The average molecular weight is 271 g/mol. The number of carboxylic acids is 1. The highest BCUT2D eigenvalue weighted by atomic mass is 16.4. The summed E-state index contributed by atoms with van der Waals surface area (Å²) in [5, 5.41) is 11.6. The Morgan fingerprint density at radius 3 is 2.68 bits per heavy atom. The molecule has 2 atom stereocenters. The van der Waals surface area contributed by atoms with Crippen LogP contribution in [0, 0.1) is 0 Å². The molecule has 6 heteroatoms. The zero-order valence-electron chi connectivity index (χ0n) is 12.1. The number of aliphatic carboxylic acids is 1. The molecule has 0 aromatic carbocycles. The lowest BCUT2D eigenvalue weighted by molar-refractivity contribution is -0.137. The molecule has 1 rings (SSSR count). The van der Waals surface area contributed by atoms with Crippen LogP contribution in [-0.4, -0.2) is 65.7 Å². The van der Waals surface area contributed by atoms with Crippen LogP contribution in [0.1, 0.15) is 33.1 Å². The third kappa shape index (κ3) is 5.06. The normalized spacial score (nSPS) is 22.7. The van der Waals surface area contributed by atoms with Gasteiger partial charge in [-0.05, 0) is 33.4 Å². The van der Waals surface area contributed by atoms with Crippen molar-refractivity contribution in [3.63, 3.8) is 0 Å². The van der Waals surface area contributed by atoms with Gasteiger partial charge in [0.1, 0.15) is 0 Å². The van der Waals surface area contributed by atoms with Gasteiger partial charge in [-0.25, -0.2) is 4.79 Å². The molecule has 2 amide bonds. The van der Waals surface area contributed by atoms with Gasteiger partial charge in [-0.1, -0.05) is 6.92 Å². The first kappa shape index (κ1) is 15.8. The molecule has 0 spiro atoms. The molecule has 2 N–H and O–H groups in total. The van der Waals surface area contributed by atoms with Gasteiger partial charge in [-0.2, -0.15) is 0 Å². The molecule has 0 aromatic rings. The summed E-state index contributed by atoms with van der Waals surface area (Å²) in [5.41, 5.74) is 0. The van der Waals surface area contributed by atoms with Crippen molar-refractivity contribution in [2.24, 2.45) is 0 Å². The third-order valence-electron chi connectivity index (χ3n) is 3.55. The Morgan fingerprint density at radius 1 is 1.42 bits per heavy atom. The maximum Gasteiger partial charge on any atom is 0.317 e. The fourth-order valence-corrected chi connectivity index (χ4v) is 2.44. The quantitative estimate of drug-likeness (QED) is 0.799. The van der Waals surface area contributed by atoms with Crippen molar-refractivity contribution in [3.8, 4) is 0 Å². The van der Waals surface area contributed by atoms with E-state index in [1.807, 2.05) is 18.7 Å². The van der Waals surface area contributed by atoms with E-state index in [-0.39, 0.29) is 24.5 Å². The predicted molar refractivity (Wildman–Crippen MR) is 73.1 cm³/mol. The number of carbonyl (C=O) groups excluding carboxylic acids is 1. The fraction of sp³-hybridized carbons (Fsp3) is 0.846. The highest BCUT2D eigenvalue weighted by Gasteiger charge is 2.25. The summed E-state index contributed by atoms with van der Waals surface area (Å²) in [6.45, 7) is 6.47. The number of urea groups is 1. The summed E-state index contributed by atoms with van der Waals surface area (Å²) < 4.78 is 0. The van der Waals surface area contributed by atoms with Gasteiger partial charge in [0.05, 0.1) is 6.42 Å². The molecule has 0 radical (unpaired) electrons. The Kier molecular flexibility index (Phi) is 6.08. The highest BCUT2D eigenvalue weighted by Crippen LogP contribution is 2.09. The Labute approximate surface area is 114 Å². The number of likely N-dealkylation sites (N-methyl/N-ethyl adjacent to an activating group) is 1. The Hall–Kier alpha value is -1.30. The molecule has 1 aliphatic heterocycles. The molecule has 6 nitrogen and oxygen atoms in total. The lowest BCUT2D eigenvalue weighted by Crippen LogP contribution is -2.50. The standard InChI is InChI=1S/C13H25N3O3/c1-4-11(8-12(17)18)14-13(19)16-7-5-6-15(3)9-10(16)2/h10-11H,4-9H2,1-3H3,(H,14,19)(H,17,18). The number of carbonyl (C=O) groups is 2. The molecule has 1 heterocycles. The molecular weight excluding hydrogens is 246 g/mol. The smallest absolute Gasteiger partial charge is 0.317 e. The number of hydrogen-bond donors (Lipinski definition) is 2. The fourth-order valence-electron chi connectivity index (χ4n) is 2.44. The van der Waals surface area contributed by atoms with E-state index in [0.717, 1.165) is 26.1 Å². The lowest BCUT2D eigenvalue weighted by atomic mass is 10.1. The van der Waals surface area contributed by atoms with Crippen molar-refractivity contribution in [2.45, 2.75) is 45.2 Å². The number of nitrogens with one attached hydrogen (secondary N) is 1. The van der Waals surface area contributed by atoms with Crippen molar-refractivity contribution < 1.29 is 14.7 Å². The van der Waals surface area contributed by atoms with Gasteiger partial charge in [0, 0.05) is 25.2 Å². The van der Waals surface area contributed by atoms with Crippen LogP contribution in [0.15, 0.2) is 0 Å². The summed E-state index contributed by atoms with van der Waals surface area (Å²) in [5.74, 6) is -0.879. The Bertz CT molecular complexity index is 322. The Balaban J connectivity index is 2.57. The first-order valence-corrected chi connectivity index (χ1v) is 6.91. The number of nitrogens with zero attached hydrogens (tertiary/aromatic N) is 2. The van der Waals surface area contributed by atoms with Crippen LogP contribution < -0.4 is 5.32 Å². The van der Waals surface area contributed by atoms with Gasteiger partial charge in [0.25, 0.3) is 0 Å². The first-order valence-electron chi connectivity index (χ1n) is 6.91. The monoisotopic (exact) mass is 271 g/mol. The summed E-state index contributed by atoms with van der Waals surface area (Å²) in [6, 6.07) is -0.288. The topological polar surface area (TPSA) is 72.9 Å². The first-order chi connectivity index (χ1) is 8.93. The molecule has 0 aromatic heterocycles. The van der Waals surface area contributed by atoms with Gasteiger partial charge in [0.15, 0.2) is 0 Å². The SMILES string of the molecule is CCC(CC(=O)O)NC(=O)N1CCCN(C)CC1C. The molecule has 1 aliphatic rings. The van der Waals surface area contributed by atoms with Crippen LogP contribution in [0.3, 0.4) is 0 Å². The molecule has 0 aliphatic carbocycles. The van der Waals surface area contributed by atoms with Crippen LogP contribution in [0.25, 0.3) is 0 Å². The maximum atomic E-state index is 12.2. The summed E-state index contributed by atoms with van der Waals surface area (Å²) in [7, 11) is 2.05. The van der Waals surface area contributed by atoms with E-state index in [4.69, 9.17) is 5.11 Å².